The van der Waals surface area contributed by atoms with E-state index in [1.807, 2.05) is 267 Å². The molecule has 11 aromatic rings. The van der Waals surface area contributed by atoms with Crippen LogP contribution in [0.4, 0.5) is 22.7 Å². The zero-order valence-electron chi connectivity index (χ0n) is 51.2. The van der Waals surface area contributed by atoms with Crippen molar-refractivity contribution in [3.8, 4) is 44.5 Å². The van der Waals surface area contributed by atoms with Gasteiger partial charge in [-0.1, -0.05) is 218 Å². The maximum Gasteiger partial charge on any atom is 2.00 e. The van der Waals surface area contributed by atoms with Crippen LogP contribution in [0, 0.1) is 0 Å². The Kier molecular flexibility index (Phi) is 19.5. The molecule has 13 rings (SSSR count). The number of para-hydroxylation sites is 4. The number of benzene rings is 8. The van der Waals surface area contributed by atoms with Crippen LogP contribution in [-0.2, 0) is 64.3 Å². The van der Waals surface area contributed by atoms with Crippen molar-refractivity contribution in [2.75, 3.05) is 21.3 Å². The fourth-order valence-corrected chi connectivity index (χ4v) is 11.9. The normalized spacial score (nSPS) is 11.4. The van der Waals surface area contributed by atoms with Crippen LogP contribution in [0.5, 0.6) is 0 Å². The van der Waals surface area contributed by atoms with Gasteiger partial charge in [-0.2, -0.15) is 0 Å². The Bertz CT molecular complexity index is 4200. The average Bonchev–Trinajstić information content (AvgIpc) is 1.65. The van der Waals surface area contributed by atoms with Gasteiger partial charge in [0.1, 0.15) is 0 Å². The topological polar surface area (TPSA) is 170 Å². The zero-order valence-corrected chi connectivity index (χ0v) is 54.2. The third-order valence-electron chi connectivity index (χ3n) is 16.4. The molecule has 0 saturated carbocycles. The zero-order chi connectivity index (χ0) is 62.6. The first-order chi connectivity index (χ1) is 45.2. The number of anilines is 4. The van der Waals surface area contributed by atoms with E-state index < -0.39 is 0 Å². The molecule has 3 aromatic heterocycles. The fraction of sp³-hybridized carbons (Fsp3) is 0.100. The number of fused-ring (bicyclic) bond motifs is 8. The van der Waals surface area contributed by atoms with Crippen LogP contribution >= 0.6 is 0 Å². The van der Waals surface area contributed by atoms with Crippen molar-refractivity contribution in [1.29, 1.82) is 0 Å². The summed E-state index contributed by atoms with van der Waals surface area (Å²) >= 11 is 0. The van der Waals surface area contributed by atoms with Crippen LogP contribution < -0.4 is 31.2 Å². The Labute approximate surface area is 552 Å². The molecule has 0 radical (unpaired) electrons. The van der Waals surface area contributed by atoms with E-state index in [2.05, 4.69) is 21.3 Å². The molecule has 0 aliphatic carbocycles. The molecule has 0 fully saturated rings. The minimum atomic E-state index is -0.154. The van der Waals surface area contributed by atoms with Crippen LogP contribution in [-0.4, -0.2) is 33.6 Å². The SMILES string of the molecule is O=C(CCc1ccccc1)Nc1ccccc1-c1c2nc(c(-c3ccccc3NC(=O)CCc3ccccc3)c3ccc([n-]3)c(-c3ccccc3NC(=O)CCc3ccccc3)c3nc(c(-c4ccccc4NC(=O)CCc4ccccc4)c4ccc1[n-]4)C=C3)C=C2.[Zn+2]. The second-order valence-corrected chi connectivity index (χ2v) is 22.7. The van der Waals surface area contributed by atoms with E-state index >= 15 is 0 Å². The molecule has 8 bridgehead atoms. The number of carbonyl (C=O) groups excluding carboxylic acids is 4. The Morgan fingerprint density at radius 1 is 0.269 bits per heavy atom. The Morgan fingerprint density at radius 3 is 0.699 bits per heavy atom. The molecule has 0 unspecified atom stereocenters. The maximum absolute atomic E-state index is 14.1. The summed E-state index contributed by atoms with van der Waals surface area (Å²) in [5, 5.41) is 13.0. The predicted octanol–water partition coefficient (Wildman–Crippen LogP) is 16.9. The molecule has 4 amide bonds. The summed E-state index contributed by atoms with van der Waals surface area (Å²) in [6.45, 7) is 0. The number of hydrogen-bond acceptors (Lipinski definition) is 6. The molecule has 0 saturated heterocycles. The Balaban J connectivity index is 0.00000832. The van der Waals surface area contributed by atoms with E-state index in [0.29, 0.717) is 138 Å². The molecule has 4 N–H and O–H groups in total. The fourth-order valence-electron chi connectivity index (χ4n) is 11.9. The molecular weight excluding hydrogens is 1200 g/mol. The first-order valence-electron chi connectivity index (χ1n) is 31.0. The third kappa shape index (κ3) is 14.7. The number of nitrogens with one attached hydrogen (secondary N) is 4. The number of hydrogen-bond donors (Lipinski definition) is 4. The van der Waals surface area contributed by atoms with Gasteiger partial charge in [-0.3, -0.25) is 19.2 Å². The second-order valence-electron chi connectivity index (χ2n) is 22.7. The molecule has 2 aliphatic heterocycles. The van der Waals surface area contributed by atoms with Gasteiger partial charge < -0.3 is 31.2 Å². The van der Waals surface area contributed by atoms with Crippen molar-refractivity contribution in [3.63, 3.8) is 0 Å². The molecule has 13 heteroatoms. The second kappa shape index (κ2) is 29.2. The maximum atomic E-state index is 14.1. The average molecular weight is 1270 g/mol. The molecule has 8 aromatic carbocycles. The summed E-state index contributed by atoms with van der Waals surface area (Å²) < 4.78 is 0. The molecule has 2 aliphatic rings. The first-order valence-corrected chi connectivity index (χ1v) is 31.0. The molecule has 93 heavy (non-hydrogen) atoms. The number of carbonyl (C=O) groups is 4. The molecular formula is C80H64N8O4Zn. The number of aromatic nitrogens is 4. The van der Waals surface area contributed by atoms with E-state index in [0.717, 1.165) is 22.3 Å². The smallest absolute Gasteiger partial charge is 0.657 e. The van der Waals surface area contributed by atoms with Crippen LogP contribution in [0.2, 0.25) is 0 Å². The van der Waals surface area contributed by atoms with Crippen LogP contribution in [0.3, 0.4) is 0 Å². The van der Waals surface area contributed by atoms with Crippen LogP contribution in [0.1, 0.15) is 70.7 Å². The van der Waals surface area contributed by atoms with Gasteiger partial charge in [-0.05, 0) is 119 Å². The largest absolute Gasteiger partial charge is 2.00 e. The third-order valence-corrected chi connectivity index (χ3v) is 16.4. The van der Waals surface area contributed by atoms with Crippen molar-refractivity contribution >= 4 is 92.7 Å². The van der Waals surface area contributed by atoms with Gasteiger partial charge in [0, 0.05) is 70.7 Å². The summed E-state index contributed by atoms with van der Waals surface area (Å²) in [4.78, 5) is 78.5. The van der Waals surface area contributed by atoms with Crippen molar-refractivity contribution in [2.45, 2.75) is 51.4 Å². The van der Waals surface area contributed by atoms with Crippen LogP contribution in [0.15, 0.2) is 243 Å². The molecule has 0 atom stereocenters. The van der Waals surface area contributed by atoms with Crippen molar-refractivity contribution < 1.29 is 38.7 Å². The van der Waals surface area contributed by atoms with Crippen molar-refractivity contribution in [1.82, 2.24) is 19.9 Å². The van der Waals surface area contributed by atoms with E-state index in [1.165, 1.54) is 0 Å². The van der Waals surface area contributed by atoms with E-state index in [4.69, 9.17) is 19.9 Å². The van der Waals surface area contributed by atoms with Gasteiger partial charge >= 0.3 is 19.5 Å². The quantitative estimate of drug-likeness (QED) is 0.0546. The summed E-state index contributed by atoms with van der Waals surface area (Å²) in [6.07, 6.45) is 11.1. The minimum Gasteiger partial charge on any atom is -0.657 e. The van der Waals surface area contributed by atoms with Gasteiger partial charge in [0.05, 0.1) is 22.8 Å². The number of rotatable bonds is 20. The Morgan fingerprint density at radius 2 is 0.473 bits per heavy atom. The first kappa shape index (κ1) is 62.1. The monoisotopic (exact) mass is 1260 g/mol. The van der Waals surface area contributed by atoms with Crippen LogP contribution in [0.25, 0.3) is 90.9 Å². The van der Waals surface area contributed by atoms with Gasteiger partial charge in [0.25, 0.3) is 0 Å². The summed E-state index contributed by atoms with van der Waals surface area (Å²) in [5.41, 5.74) is 16.3. The van der Waals surface area contributed by atoms with Gasteiger partial charge in [-0.15, -0.1) is 22.1 Å². The Hall–Kier alpha value is -11.1. The summed E-state index contributed by atoms with van der Waals surface area (Å²) in [5.74, 6) is -0.615. The molecule has 5 heterocycles. The molecule has 0 spiro atoms. The minimum absolute atomic E-state index is 0. The number of aryl methyl sites for hydroxylation is 4. The van der Waals surface area contributed by atoms with E-state index in [1.54, 1.807) is 0 Å². The predicted molar refractivity (Wildman–Crippen MR) is 372 cm³/mol. The van der Waals surface area contributed by atoms with E-state index in [9.17, 15) is 19.2 Å². The number of nitrogens with zero attached hydrogens (tertiary/aromatic N) is 4. The standard InChI is InChI=1S/C80H66N8O4.Zn/c89-73(49-37-53-21-5-1-6-22-53)85-61-33-17-13-29-57(61)77-65-41-43-67(81-65)78(58-30-14-18-34-62(58)86-74(90)50-38-54-23-7-2-8-24-54)69-45-47-71(83-69)80(60-32-16-20-36-64(60)88-76(92)52-40-56-27-11-4-12-28-56)72-48-46-70(84-72)79(68-44-42-66(77)82-68)59-31-15-19-35-63(59)87-75(91)51-39-55-25-9-3-10-26-55;/h1-36,41-48H,37-40,49-52H2,(H6,81,82,83,84,85,86,87,88,89,90,91,92);/q;+2/p-2. The van der Waals surface area contributed by atoms with E-state index in [-0.39, 0.29) is 68.8 Å². The summed E-state index contributed by atoms with van der Waals surface area (Å²) in [6, 6.07) is 78.4. The van der Waals surface area contributed by atoms with Crippen molar-refractivity contribution in [3.05, 3.63) is 288 Å². The summed E-state index contributed by atoms with van der Waals surface area (Å²) in [7, 11) is 0. The molecule has 12 nitrogen and oxygen atoms in total. The molecule has 450 valence electrons. The number of amides is 4. The van der Waals surface area contributed by atoms with Crippen molar-refractivity contribution in [2.24, 2.45) is 0 Å². The van der Waals surface area contributed by atoms with Gasteiger partial charge in [0.15, 0.2) is 0 Å². The van der Waals surface area contributed by atoms with Gasteiger partial charge in [-0.25, -0.2) is 9.97 Å². The van der Waals surface area contributed by atoms with Gasteiger partial charge in [0.2, 0.25) is 23.6 Å².